The van der Waals surface area contributed by atoms with Gasteiger partial charge in [-0.05, 0) is 18.6 Å². The third-order valence-corrected chi connectivity index (χ3v) is 4.78. The van der Waals surface area contributed by atoms with E-state index in [2.05, 4.69) is 4.98 Å². The summed E-state index contributed by atoms with van der Waals surface area (Å²) in [6.07, 6.45) is 1.86. The minimum Gasteiger partial charge on any atom is -0.380 e. The van der Waals surface area contributed by atoms with Crippen molar-refractivity contribution < 1.29 is 13.2 Å². The predicted octanol–water partition coefficient (Wildman–Crippen LogP) is 0.363. The fourth-order valence-electron chi connectivity index (χ4n) is 1.86. The summed E-state index contributed by atoms with van der Waals surface area (Å²) < 4.78 is 31.0. The standard InChI is InChI=1S/C11H13N3O3S/c1-17-10-4-5-14(8-10)18(15,16)11-3-2-9(6-12)13-7-11/h2-3,7,10H,4-5,8H2,1H3. The van der Waals surface area contributed by atoms with Crippen molar-refractivity contribution in [3.63, 3.8) is 0 Å². The molecule has 0 N–H and O–H groups in total. The van der Waals surface area contributed by atoms with Gasteiger partial charge in [-0.25, -0.2) is 13.4 Å². The summed E-state index contributed by atoms with van der Waals surface area (Å²) in [5.41, 5.74) is 0.199. The molecule has 0 bridgehead atoms. The van der Waals surface area contributed by atoms with Gasteiger partial charge in [0.15, 0.2) is 0 Å². The third kappa shape index (κ3) is 2.36. The summed E-state index contributed by atoms with van der Waals surface area (Å²) in [7, 11) is -1.95. The Kier molecular flexibility index (Phi) is 3.61. The molecule has 1 unspecified atom stereocenters. The van der Waals surface area contributed by atoms with Crippen LogP contribution in [-0.4, -0.2) is 44.0 Å². The maximum atomic E-state index is 12.2. The minimum absolute atomic E-state index is 0.0499. The van der Waals surface area contributed by atoms with E-state index in [1.165, 1.54) is 22.6 Å². The van der Waals surface area contributed by atoms with Crippen LogP contribution in [0, 0.1) is 11.3 Å². The number of hydrogen-bond donors (Lipinski definition) is 0. The lowest BCUT2D eigenvalue weighted by Crippen LogP contribution is -2.30. The molecule has 18 heavy (non-hydrogen) atoms. The van der Waals surface area contributed by atoms with Gasteiger partial charge in [-0.1, -0.05) is 0 Å². The summed E-state index contributed by atoms with van der Waals surface area (Å²) in [6, 6.07) is 4.66. The number of nitrogens with zero attached hydrogens (tertiary/aromatic N) is 3. The summed E-state index contributed by atoms with van der Waals surface area (Å²) in [5, 5.41) is 8.62. The molecule has 0 aromatic carbocycles. The first-order chi connectivity index (χ1) is 8.57. The summed E-state index contributed by atoms with van der Waals surface area (Å²) >= 11 is 0. The van der Waals surface area contributed by atoms with Gasteiger partial charge in [-0.3, -0.25) is 0 Å². The number of hydrogen-bond acceptors (Lipinski definition) is 5. The monoisotopic (exact) mass is 267 g/mol. The lowest BCUT2D eigenvalue weighted by Gasteiger charge is -2.15. The van der Waals surface area contributed by atoms with Crippen molar-refractivity contribution in [1.82, 2.24) is 9.29 Å². The van der Waals surface area contributed by atoms with E-state index in [1.54, 1.807) is 7.11 Å². The van der Waals surface area contributed by atoms with Crippen molar-refractivity contribution in [3.8, 4) is 6.07 Å². The third-order valence-electron chi connectivity index (χ3n) is 2.93. The van der Waals surface area contributed by atoms with Crippen molar-refractivity contribution in [1.29, 1.82) is 5.26 Å². The molecule has 1 fully saturated rings. The molecule has 1 saturated heterocycles. The first-order valence-corrected chi connectivity index (χ1v) is 6.91. The van der Waals surface area contributed by atoms with E-state index in [0.29, 0.717) is 19.5 Å². The first-order valence-electron chi connectivity index (χ1n) is 5.47. The average Bonchev–Trinajstić information content (AvgIpc) is 2.88. The smallest absolute Gasteiger partial charge is 0.244 e. The molecule has 1 aromatic rings. The largest absolute Gasteiger partial charge is 0.380 e. The van der Waals surface area contributed by atoms with Gasteiger partial charge in [0.2, 0.25) is 10.0 Å². The second-order valence-electron chi connectivity index (χ2n) is 4.00. The van der Waals surface area contributed by atoms with Crippen LogP contribution in [0.5, 0.6) is 0 Å². The maximum Gasteiger partial charge on any atom is 0.244 e. The Balaban J connectivity index is 2.23. The van der Waals surface area contributed by atoms with E-state index in [9.17, 15) is 8.42 Å². The highest BCUT2D eigenvalue weighted by Gasteiger charge is 2.32. The molecule has 1 atom stereocenters. The van der Waals surface area contributed by atoms with Crippen molar-refractivity contribution in [2.45, 2.75) is 17.4 Å². The Morgan fingerprint density at radius 1 is 1.56 bits per heavy atom. The highest BCUT2D eigenvalue weighted by molar-refractivity contribution is 7.89. The fourth-order valence-corrected chi connectivity index (χ4v) is 3.29. The number of aromatic nitrogens is 1. The summed E-state index contributed by atoms with van der Waals surface area (Å²) in [4.78, 5) is 3.89. The number of methoxy groups -OCH3 is 1. The van der Waals surface area contributed by atoms with Crippen LogP contribution in [-0.2, 0) is 14.8 Å². The molecule has 0 aliphatic carbocycles. The molecule has 1 aliphatic heterocycles. The highest BCUT2D eigenvalue weighted by Crippen LogP contribution is 2.21. The normalized spacial score (nSPS) is 20.8. The second kappa shape index (κ2) is 5.02. The molecule has 0 amide bonds. The average molecular weight is 267 g/mol. The van der Waals surface area contributed by atoms with Crippen molar-refractivity contribution in [2.75, 3.05) is 20.2 Å². The van der Waals surface area contributed by atoms with E-state index in [-0.39, 0.29) is 16.7 Å². The van der Waals surface area contributed by atoms with Crippen molar-refractivity contribution >= 4 is 10.0 Å². The molecular weight excluding hydrogens is 254 g/mol. The van der Waals surface area contributed by atoms with Gasteiger partial charge in [0.1, 0.15) is 16.7 Å². The molecule has 0 saturated carbocycles. The molecule has 2 rings (SSSR count). The Hall–Kier alpha value is -1.49. The van der Waals surface area contributed by atoms with Crippen LogP contribution in [0.3, 0.4) is 0 Å². The highest BCUT2D eigenvalue weighted by atomic mass is 32.2. The van der Waals surface area contributed by atoms with Crippen LogP contribution < -0.4 is 0 Å². The van der Waals surface area contributed by atoms with E-state index >= 15 is 0 Å². The fraction of sp³-hybridized carbons (Fsp3) is 0.455. The van der Waals surface area contributed by atoms with Gasteiger partial charge < -0.3 is 4.74 Å². The molecule has 1 aromatic heterocycles. The van der Waals surface area contributed by atoms with Crippen LogP contribution in [0.2, 0.25) is 0 Å². The molecule has 2 heterocycles. The second-order valence-corrected chi connectivity index (χ2v) is 5.94. The van der Waals surface area contributed by atoms with Crippen molar-refractivity contribution in [2.24, 2.45) is 0 Å². The molecular formula is C11H13N3O3S. The molecule has 96 valence electrons. The van der Waals surface area contributed by atoms with Crippen LogP contribution in [0.1, 0.15) is 12.1 Å². The maximum absolute atomic E-state index is 12.2. The van der Waals surface area contributed by atoms with Gasteiger partial charge in [0, 0.05) is 26.4 Å². The molecule has 0 radical (unpaired) electrons. The van der Waals surface area contributed by atoms with Gasteiger partial charge in [-0.2, -0.15) is 9.57 Å². The van der Waals surface area contributed by atoms with Gasteiger partial charge in [-0.15, -0.1) is 0 Å². The quantitative estimate of drug-likeness (QED) is 0.789. The SMILES string of the molecule is COC1CCN(S(=O)(=O)c2ccc(C#N)nc2)C1. The number of ether oxygens (including phenoxy) is 1. The van der Waals surface area contributed by atoms with Gasteiger partial charge in [0.25, 0.3) is 0 Å². The Labute approximate surface area is 106 Å². The lowest BCUT2D eigenvalue weighted by molar-refractivity contribution is 0.115. The number of rotatable bonds is 3. The Morgan fingerprint density at radius 3 is 2.83 bits per heavy atom. The predicted molar refractivity (Wildman–Crippen MR) is 63.1 cm³/mol. The van der Waals surface area contributed by atoms with Crippen LogP contribution >= 0.6 is 0 Å². The van der Waals surface area contributed by atoms with Crippen LogP contribution in [0.4, 0.5) is 0 Å². The molecule has 7 heteroatoms. The van der Waals surface area contributed by atoms with E-state index in [1.807, 2.05) is 6.07 Å². The Morgan fingerprint density at radius 2 is 2.33 bits per heavy atom. The van der Waals surface area contributed by atoms with E-state index < -0.39 is 10.0 Å². The van der Waals surface area contributed by atoms with Gasteiger partial charge >= 0.3 is 0 Å². The summed E-state index contributed by atoms with van der Waals surface area (Å²) in [5.74, 6) is 0. The zero-order valence-corrected chi connectivity index (χ0v) is 10.7. The van der Waals surface area contributed by atoms with Gasteiger partial charge in [0.05, 0.1) is 6.10 Å². The number of nitriles is 1. The minimum atomic E-state index is -3.53. The van der Waals surface area contributed by atoms with Crippen LogP contribution in [0.25, 0.3) is 0 Å². The Bertz CT molecular complexity index is 562. The number of sulfonamides is 1. The van der Waals surface area contributed by atoms with E-state index in [0.717, 1.165) is 0 Å². The first kappa shape index (κ1) is 13.0. The molecule has 0 spiro atoms. The number of pyridine rings is 1. The molecule has 6 nitrogen and oxygen atoms in total. The zero-order valence-electron chi connectivity index (χ0n) is 9.91. The topological polar surface area (TPSA) is 83.3 Å². The summed E-state index contributed by atoms with van der Waals surface area (Å²) in [6.45, 7) is 0.805. The van der Waals surface area contributed by atoms with Crippen molar-refractivity contribution in [3.05, 3.63) is 24.0 Å². The van der Waals surface area contributed by atoms with E-state index in [4.69, 9.17) is 10.00 Å². The molecule has 1 aliphatic rings. The lowest BCUT2D eigenvalue weighted by atomic mass is 10.3. The van der Waals surface area contributed by atoms with Crippen LogP contribution in [0.15, 0.2) is 23.2 Å². The zero-order chi connectivity index (χ0) is 13.2.